The summed E-state index contributed by atoms with van der Waals surface area (Å²) in [6.07, 6.45) is 0. The highest BCUT2D eigenvalue weighted by Gasteiger charge is 2.22. The van der Waals surface area contributed by atoms with Crippen LogP contribution in [0.15, 0.2) is 235 Å². The third kappa shape index (κ3) is 5.82. The lowest BCUT2D eigenvalue weighted by molar-refractivity contribution is 0.669. The minimum atomic E-state index is 0.869. The zero-order chi connectivity index (χ0) is 40.3. The van der Waals surface area contributed by atoms with E-state index < -0.39 is 0 Å². The van der Waals surface area contributed by atoms with Gasteiger partial charge in [-0.05, 0) is 93.2 Å². The molecule has 2 aromatic heterocycles. The fourth-order valence-corrected chi connectivity index (χ4v) is 9.33. The maximum Gasteiger partial charge on any atom is 0.160 e. The van der Waals surface area contributed by atoms with Gasteiger partial charge in [0, 0.05) is 44.2 Å². The van der Waals surface area contributed by atoms with Gasteiger partial charge >= 0.3 is 0 Å². The fourth-order valence-electron chi connectivity index (χ4n) is 9.33. The summed E-state index contributed by atoms with van der Waals surface area (Å²) in [6.45, 7) is 0. The maximum absolute atomic E-state index is 6.78. The number of rotatable bonds is 7. The molecule has 10 aromatic carbocycles. The van der Waals surface area contributed by atoms with Gasteiger partial charge in [-0.15, -0.1) is 0 Å². The molecule has 0 aliphatic heterocycles. The highest BCUT2D eigenvalue weighted by Crippen LogP contribution is 2.46. The molecule has 3 nitrogen and oxygen atoms in total. The highest BCUT2D eigenvalue weighted by molar-refractivity contribution is 6.23. The van der Waals surface area contributed by atoms with Crippen LogP contribution < -0.4 is 4.90 Å². The van der Waals surface area contributed by atoms with E-state index in [9.17, 15) is 0 Å². The van der Waals surface area contributed by atoms with Crippen molar-refractivity contribution in [2.24, 2.45) is 0 Å². The van der Waals surface area contributed by atoms with Crippen molar-refractivity contribution in [1.29, 1.82) is 0 Å². The number of nitrogens with zero attached hydrogens (tertiary/aromatic N) is 2. The van der Waals surface area contributed by atoms with Crippen molar-refractivity contribution in [3.63, 3.8) is 0 Å². The van der Waals surface area contributed by atoms with Crippen LogP contribution in [0.3, 0.4) is 0 Å². The van der Waals surface area contributed by atoms with Crippen LogP contribution >= 0.6 is 0 Å². The molecule has 12 rings (SSSR count). The predicted molar refractivity (Wildman–Crippen MR) is 257 cm³/mol. The number of aromatic nitrogens is 1. The smallest absolute Gasteiger partial charge is 0.160 e. The molecule has 12 aromatic rings. The van der Waals surface area contributed by atoms with Crippen molar-refractivity contribution in [1.82, 2.24) is 4.57 Å². The van der Waals surface area contributed by atoms with E-state index in [1.807, 2.05) is 6.07 Å². The topological polar surface area (TPSA) is 21.3 Å². The van der Waals surface area contributed by atoms with Crippen LogP contribution in [-0.2, 0) is 0 Å². The normalized spacial score (nSPS) is 11.6. The van der Waals surface area contributed by atoms with Crippen LogP contribution in [0.2, 0.25) is 0 Å². The average Bonchev–Trinajstić information content (AvgIpc) is 3.90. The molecule has 0 spiro atoms. The Morgan fingerprint density at radius 1 is 0.377 bits per heavy atom. The fraction of sp³-hybridized carbons (Fsp3) is 0. The van der Waals surface area contributed by atoms with Crippen molar-refractivity contribution >= 4 is 71.6 Å². The summed E-state index contributed by atoms with van der Waals surface area (Å²) in [5, 5.41) is 7.10. The monoisotopic (exact) mass is 778 g/mol. The van der Waals surface area contributed by atoms with Crippen LogP contribution in [0.25, 0.3) is 93.6 Å². The van der Waals surface area contributed by atoms with Gasteiger partial charge in [-0.2, -0.15) is 0 Å². The molecule has 0 saturated heterocycles. The van der Waals surface area contributed by atoms with Gasteiger partial charge in [0.05, 0.1) is 16.7 Å². The third-order valence-electron chi connectivity index (χ3n) is 12.2. The van der Waals surface area contributed by atoms with E-state index >= 15 is 0 Å². The number of hydrogen-bond acceptors (Lipinski definition) is 2. The van der Waals surface area contributed by atoms with E-state index in [1.54, 1.807) is 0 Å². The minimum absolute atomic E-state index is 0.869. The van der Waals surface area contributed by atoms with Crippen LogP contribution in [0.1, 0.15) is 0 Å². The predicted octanol–water partition coefficient (Wildman–Crippen LogP) is 16.3. The lowest BCUT2D eigenvalue weighted by Gasteiger charge is -2.26. The third-order valence-corrected chi connectivity index (χ3v) is 12.2. The van der Waals surface area contributed by atoms with Gasteiger partial charge in [0.2, 0.25) is 0 Å². The summed E-state index contributed by atoms with van der Waals surface area (Å²) in [6, 6.07) is 82.7. The Labute approximate surface area is 353 Å². The Hall–Kier alpha value is -8.14. The summed E-state index contributed by atoms with van der Waals surface area (Å²) >= 11 is 0. The maximum atomic E-state index is 6.78. The van der Waals surface area contributed by atoms with E-state index in [-0.39, 0.29) is 0 Å². The number of anilines is 3. The Morgan fingerprint density at radius 3 is 1.61 bits per heavy atom. The Bertz CT molecular complexity index is 3550. The largest absolute Gasteiger partial charge is 0.454 e. The van der Waals surface area contributed by atoms with Crippen LogP contribution in [0, 0.1) is 0 Å². The average molecular weight is 779 g/mol. The minimum Gasteiger partial charge on any atom is -0.454 e. The zero-order valence-corrected chi connectivity index (χ0v) is 33.2. The van der Waals surface area contributed by atoms with E-state index in [4.69, 9.17) is 4.42 Å². The van der Waals surface area contributed by atoms with Gasteiger partial charge in [-0.3, -0.25) is 0 Å². The van der Waals surface area contributed by atoms with Gasteiger partial charge < -0.3 is 13.9 Å². The molecule has 3 heteroatoms. The molecule has 61 heavy (non-hydrogen) atoms. The molecule has 0 N–H and O–H groups in total. The summed E-state index contributed by atoms with van der Waals surface area (Å²) in [5.74, 6) is 0. The molecule has 0 atom stereocenters. The molecule has 0 bridgehead atoms. The number of para-hydroxylation sites is 4. The Balaban J connectivity index is 0.963. The molecule has 0 aliphatic carbocycles. The lowest BCUT2D eigenvalue weighted by atomic mass is 9.98. The summed E-state index contributed by atoms with van der Waals surface area (Å²) < 4.78 is 9.19. The molecule has 0 saturated carbocycles. The molecule has 2 heterocycles. The molecule has 0 radical (unpaired) electrons. The second-order valence-corrected chi connectivity index (χ2v) is 15.7. The molecule has 0 aliphatic rings. The van der Waals surface area contributed by atoms with Gasteiger partial charge in [0.15, 0.2) is 5.58 Å². The lowest BCUT2D eigenvalue weighted by Crippen LogP contribution is -2.10. The first-order valence-electron chi connectivity index (χ1n) is 20.8. The first kappa shape index (κ1) is 34.9. The summed E-state index contributed by atoms with van der Waals surface area (Å²) in [7, 11) is 0. The van der Waals surface area contributed by atoms with Crippen molar-refractivity contribution in [3.05, 3.63) is 231 Å². The standard InChI is InChI=1S/C58H38N2O/c1-3-14-39(15-4-1)41-30-34-46(35-31-41)59(54-38-44-16-7-8-19-48(44)56-52-21-10-12-25-55(52)61-58(54)56)47-36-32-42(33-37-47)40-26-28-43(29-27-40)49-22-13-23-51-50-20-9-11-24-53(50)60(57(49)51)45-17-5-2-6-18-45/h1-38H. The first-order valence-corrected chi connectivity index (χ1v) is 20.8. The van der Waals surface area contributed by atoms with E-state index in [1.165, 1.54) is 54.8 Å². The van der Waals surface area contributed by atoms with Gasteiger partial charge in [0.1, 0.15) is 5.58 Å². The molecular weight excluding hydrogens is 741 g/mol. The van der Waals surface area contributed by atoms with Gasteiger partial charge in [-0.1, -0.05) is 176 Å². The molecule has 0 unspecified atom stereocenters. The number of benzene rings is 10. The molecule has 0 amide bonds. The number of fused-ring (bicyclic) bond motifs is 8. The Kier molecular flexibility index (Phi) is 8.17. The SMILES string of the molecule is c1ccc(-c2ccc(N(c3ccc(-c4ccc(-c5cccc6c7ccccc7n(-c7ccccc7)c56)cc4)cc3)c3cc4ccccc4c4c3oc3ccccc34)cc2)cc1. The Morgan fingerprint density at radius 2 is 0.902 bits per heavy atom. The molecular formula is C58H38N2O. The zero-order valence-electron chi connectivity index (χ0n) is 33.2. The van der Waals surface area contributed by atoms with Crippen LogP contribution in [0.4, 0.5) is 17.1 Å². The first-order chi connectivity index (χ1) is 30.3. The van der Waals surface area contributed by atoms with Gasteiger partial charge in [0.25, 0.3) is 0 Å². The van der Waals surface area contributed by atoms with E-state index in [2.05, 4.69) is 234 Å². The summed E-state index contributed by atoms with van der Waals surface area (Å²) in [4.78, 5) is 2.34. The van der Waals surface area contributed by atoms with Gasteiger partial charge in [-0.25, -0.2) is 0 Å². The quantitative estimate of drug-likeness (QED) is 0.161. The highest BCUT2D eigenvalue weighted by atomic mass is 16.3. The van der Waals surface area contributed by atoms with Crippen molar-refractivity contribution in [2.45, 2.75) is 0 Å². The van der Waals surface area contributed by atoms with E-state index in [0.29, 0.717) is 0 Å². The van der Waals surface area contributed by atoms with Crippen molar-refractivity contribution in [2.75, 3.05) is 4.90 Å². The van der Waals surface area contributed by atoms with Crippen LogP contribution in [-0.4, -0.2) is 4.57 Å². The summed E-state index contributed by atoms with van der Waals surface area (Å²) in [5.41, 5.74) is 15.5. The second kappa shape index (κ2) is 14.3. The number of hydrogen-bond donors (Lipinski definition) is 0. The molecule has 286 valence electrons. The van der Waals surface area contributed by atoms with E-state index in [0.717, 1.165) is 55.8 Å². The number of furan rings is 1. The van der Waals surface area contributed by atoms with Crippen molar-refractivity contribution in [3.8, 4) is 39.1 Å². The van der Waals surface area contributed by atoms with Crippen LogP contribution in [0.5, 0.6) is 0 Å². The molecule has 0 fully saturated rings. The van der Waals surface area contributed by atoms with Crippen molar-refractivity contribution < 1.29 is 4.42 Å². The second-order valence-electron chi connectivity index (χ2n) is 15.7.